The minimum Gasteiger partial charge on any atom is -0.356 e. The molecule has 1 heterocycles. The molecule has 2 N–H and O–H groups in total. The number of thiazole rings is 1. The second kappa shape index (κ2) is 8.62. The van der Waals surface area contributed by atoms with E-state index in [-0.39, 0.29) is 0 Å². The Morgan fingerprint density at radius 1 is 1.12 bits per heavy atom. The van der Waals surface area contributed by atoms with Gasteiger partial charge in [-0.05, 0) is 28.8 Å². The van der Waals surface area contributed by atoms with Crippen LogP contribution in [0.3, 0.4) is 0 Å². The number of benzene rings is 2. The molecular formula is C20H24N4S. The van der Waals surface area contributed by atoms with E-state index in [1.807, 2.05) is 6.20 Å². The number of fused-ring (bicyclic) bond motifs is 1. The Bertz CT molecular complexity index is 854. The van der Waals surface area contributed by atoms with Gasteiger partial charge in [0.2, 0.25) is 0 Å². The molecule has 0 saturated heterocycles. The van der Waals surface area contributed by atoms with Crippen LogP contribution in [0.1, 0.15) is 22.4 Å². The lowest BCUT2D eigenvalue weighted by Gasteiger charge is -2.12. The van der Waals surface area contributed by atoms with E-state index in [4.69, 9.17) is 0 Å². The summed E-state index contributed by atoms with van der Waals surface area (Å²) in [7, 11) is 1.80. The summed E-state index contributed by atoms with van der Waals surface area (Å²) in [6.45, 7) is 3.74. The molecule has 0 spiro atoms. The van der Waals surface area contributed by atoms with Gasteiger partial charge in [0, 0.05) is 37.6 Å². The molecule has 2 aromatic carbocycles. The summed E-state index contributed by atoms with van der Waals surface area (Å²) in [5.41, 5.74) is 1.24. The molecule has 0 unspecified atom stereocenters. The molecule has 0 aliphatic heterocycles. The van der Waals surface area contributed by atoms with Gasteiger partial charge in [-0.25, -0.2) is 4.98 Å². The first kappa shape index (κ1) is 17.4. The van der Waals surface area contributed by atoms with Crippen LogP contribution < -0.4 is 10.6 Å². The minimum atomic E-state index is 0.752. The molecular weight excluding hydrogens is 328 g/mol. The molecule has 3 rings (SSSR count). The van der Waals surface area contributed by atoms with Gasteiger partial charge in [0.15, 0.2) is 5.96 Å². The number of aliphatic imine (C=N–C) groups is 1. The summed E-state index contributed by atoms with van der Waals surface area (Å²) in [5.74, 6) is 0.820. The number of nitrogens with one attached hydrogen (secondary N) is 2. The Balaban J connectivity index is 1.49. The fraction of sp³-hybridized carbons (Fsp3) is 0.300. The smallest absolute Gasteiger partial charge is 0.191 e. The molecule has 0 saturated carbocycles. The lowest BCUT2D eigenvalue weighted by atomic mass is 10.1. The predicted octanol–water partition coefficient (Wildman–Crippen LogP) is 3.77. The van der Waals surface area contributed by atoms with Crippen LogP contribution in [0.5, 0.6) is 0 Å². The third kappa shape index (κ3) is 4.79. The monoisotopic (exact) mass is 352 g/mol. The minimum absolute atomic E-state index is 0.752. The molecule has 0 bridgehead atoms. The average molecular weight is 353 g/mol. The van der Waals surface area contributed by atoms with Crippen molar-refractivity contribution in [3.63, 3.8) is 0 Å². The van der Waals surface area contributed by atoms with Crippen molar-refractivity contribution in [1.82, 2.24) is 15.6 Å². The second-order valence-corrected chi connectivity index (χ2v) is 7.06. The maximum atomic E-state index is 4.45. The van der Waals surface area contributed by atoms with Crippen molar-refractivity contribution >= 4 is 28.1 Å². The number of aromatic nitrogens is 1. The molecule has 5 heteroatoms. The lowest BCUT2D eigenvalue weighted by Crippen LogP contribution is -2.37. The first-order chi connectivity index (χ1) is 12.3. The maximum absolute atomic E-state index is 4.45. The van der Waals surface area contributed by atoms with Crippen molar-refractivity contribution in [2.24, 2.45) is 4.99 Å². The molecule has 0 aliphatic carbocycles. The molecule has 25 heavy (non-hydrogen) atoms. The van der Waals surface area contributed by atoms with E-state index in [2.05, 4.69) is 70.0 Å². The van der Waals surface area contributed by atoms with E-state index < -0.39 is 0 Å². The number of rotatable bonds is 6. The van der Waals surface area contributed by atoms with E-state index in [0.717, 1.165) is 31.9 Å². The van der Waals surface area contributed by atoms with Crippen LogP contribution in [-0.2, 0) is 19.4 Å². The summed E-state index contributed by atoms with van der Waals surface area (Å²) in [6.07, 6.45) is 3.95. The van der Waals surface area contributed by atoms with Gasteiger partial charge in [0.1, 0.15) is 0 Å². The predicted molar refractivity (Wildman–Crippen MR) is 107 cm³/mol. The number of aryl methyl sites for hydroxylation is 1. The lowest BCUT2D eigenvalue weighted by molar-refractivity contribution is 0.792. The van der Waals surface area contributed by atoms with Crippen molar-refractivity contribution in [2.45, 2.75) is 26.3 Å². The number of guanidine groups is 1. The summed E-state index contributed by atoms with van der Waals surface area (Å²) < 4.78 is 0. The highest BCUT2D eigenvalue weighted by Crippen LogP contribution is 2.15. The van der Waals surface area contributed by atoms with E-state index >= 15 is 0 Å². The van der Waals surface area contributed by atoms with Crippen LogP contribution in [0.15, 0.2) is 53.7 Å². The highest BCUT2D eigenvalue weighted by Gasteiger charge is 2.03. The van der Waals surface area contributed by atoms with Gasteiger partial charge >= 0.3 is 0 Å². The zero-order valence-corrected chi connectivity index (χ0v) is 15.6. The Morgan fingerprint density at radius 3 is 2.72 bits per heavy atom. The van der Waals surface area contributed by atoms with Crippen LogP contribution >= 0.6 is 11.3 Å². The van der Waals surface area contributed by atoms with Crippen LogP contribution in [0.25, 0.3) is 10.8 Å². The second-order valence-electron chi connectivity index (χ2n) is 5.86. The van der Waals surface area contributed by atoms with Crippen molar-refractivity contribution in [3.05, 3.63) is 64.1 Å². The molecule has 0 amide bonds. The van der Waals surface area contributed by atoms with Crippen molar-refractivity contribution in [1.29, 1.82) is 0 Å². The number of hydrogen-bond donors (Lipinski definition) is 2. The molecule has 1 aromatic heterocycles. The fourth-order valence-electron chi connectivity index (χ4n) is 2.67. The number of hydrogen-bond acceptors (Lipinski definition) is 3. The Morgan fingerprint density at radius 2 is 1.96 bits per heavy atom. The maximum Gasteiger partial charge on any atom is 0.191 e. The molecule has 0 fully saturated rings. The van der Waals surface area contributed by atoms with Gasteiger partial charge in [-0.2, -0.15) is 0 Å². The van der Waals surface area contributed by atoms with E-state index in [0.29, 0.717) is 0 Å². The van der Waals surface area contributed by atoms with Gasteiger partial charge in [-0.1, -0.05) is 43.3 Å². The fourth-order valence-corrected chi connectivity index (χ4v) is 3.53. The molecule has 130 valence electrons. The average Bonchev–Trinajstić information content (AvgIpc) is 3.12. The zero-order valence-electron chi connectivity index (χ0n) is 14.7. The van der Waals surface area contributed by atoms with Gasteiger partial charge in [-0.15, -0.1) is 11.3 Å². The molecule has 4 nitrogen and oxygen atoms in total. The van der Waals surface area contributed by atoms with E-state index in [9.17, 15) is 0 Å². The first-order valence-electron chi connectivity index (χ1n) is 8.64. The Labute approximate surface area is 153 Å². The summed E-state index contributed by atoms with van der Waals surface area (Å²) in [5, 5.41) is 10.4. The van der Waals surface area contributed by atoms with Crippen molar-refractivity contribution < 1.29 is 0 Å². The van der Waals surface area contributed by atoms with Gasteiger partial charge in [0.05, 0.1) is 5.01 Å². The quantitative estimate of drug-likeness (QED) is 0.524. The highest BCUT2D eigenvalue weighted by atomic mass is 32.1. The SMILES string of the molecule is CCc1cnc(CCNC(=NC)NCc2ccc3ccccc3c2)s1. The van der Waals surface area contributed by atoms with E-state index in [1.165, 1.54) is 26.2 Å². The first-order valence-corrected chi connectivity index (χ1v) is 9.46. The van der Waals surface area contributed by atoms with Gasteiger partial charge in [-0.3, -0.25) is 4.99 Å². The van der Waals surface area contributed by atoms with Crippen LogP contribution in [0.2, 0.25) is 0 Å². The van der Waals surface area contributed by atoms with Crippen molar-refractivity contribution in [3.8, 4) is 0 Å². The summed E-state index contributed by atoms with van der Waals surface area (Å²) >= 11 is 1.79. The molecule has 0 atom stereocenters. The topological polar surface area (TPSA) is 49.3 Å². The third-order valence-electron chi connectivity index (χ3n) is 4.08. The van der Waals surface area contributed by atoms with Crippen LogP contribution in [0.4, 0.5) is 0 Å². The van der Waals surface area contributed by atoms with Gasteiger partial charge < -0.3 is 10.6 Å². The molecule has 0 aliphatic rings. The number of nitrogens with zero attached hydrogens (tertiary/aromatic N) is 2. The summed E-state index contributed by atoms with van der Waals surface area (Å²) in [6, 6.07) is 15.0. The Kier molecular flexibility index (Phi) is 6.01. The highest BCUT2D eigenvalue weighted by molar-refractivity contribution is 7.11. The van der Waals surface area contributed by atoms with E-state index in [1.54, 1.807) is 18.4 Å². The Hall–Kier alpha value is -2.40. The standard InChI is InChI=1S/C20H24N4S/c1-3-18-14-23-19(25-18)10-11-22-20(21-2)24-13-15-8-9-16-6-4-5-7-17(16)12-15/h4-9,12,14H,3,10-11,13H2,1-2H3,(H2,21,22,24). The molecule has 3 aromatic rings. The summed E-state index contributed by atoms with van der Waals surface area (Å²) in [4.78, 5) is 10.1. The zero-order chi connectivity index (χ0) is 17.5. The van der Waals surface area contributed by atoms with Gasteiger partial charge in [0.25, 0.3) is 0 Å². The van der Waals surface area contributed by atoms with Crippen molar-refractivity contribution in [2.75, 3.05) is 13.6 Å². The van der Waals surface area contributed by atoms with Crippen LogP contribution in [0, 0.1) is 0 Å². The third-order valence-corrected chi connectivity index (χ3v) is 5.28. The largest absolute Gasteiger partial charge is 0.356 e. The molecule has 0 radical (unpaired) electrons. The normalized spacial score (nSPS) is 11.7. The van der Waals surface area contributed by atoms with Crippen LogP contribution in [-0.4, -0.2) is 24.5 Å².